The number of hydrogen-bond donors (Lipinski definition) is 3. The van der Waals surface area contributed by atoms with E-state index in [1.807, 2.05) is 6.20 Å². The van der Waals surface area contributed by atoms with Gasteiger partial charge in [-0.15, -0.1) is 0 Å². The van der Waals surface area contributed by atoms with Gasteiger partial charge in [-0.05, 0) is 80.5 Å². The van der Waals surface area contributed by atoms with Gasteiger partial charge >= 0.3 is 16.8 Å². The molecule has 0 saturated heterocycles. The van der Waals surface area contributed by atoms with Crippen molar-refractivity contribution in [1.82, 2.24) is 10.3 Å². The molecule has 7 heteroatoms. The molecule has 0 aliphatic rings. The number of hydrogen-bond acceptors (Lipinski definition) is 4. The average molecular weight is 804 g/mol. The predicted molar refractivity (Wildman–Crippen MR) is 189 cm³/mol. The molecule has 0 bridgehead atoms. The van der Waals surface area contributed by atoms with Gasteiger partial charge in [-0.2, -0.15) is 0 Å². The smallest absolute Gasteiger partial charge is 1.00 e. The molecule has 1 heterocycles. The van der Waals surface area contributed by atoms with Crippen molar-refractivity contribution < 1.29 is 50.7 Å². The molecule has 3 N–H and O–H groups in total. The first-order chi connectivity index (χ1) is 20.3. The van der Waals surface area contributed by atoms with Crippen LogP contribution in [0.3, 0.4) is 0 Å². The third-order valence-corrected chi connectivity index (χ3v) is 8.60. The van der Waals surface area contributed by atoms with Crippen LogP contribution in [-0.2, 0) is 29.9 Å². The third kappa shape index (κ3) is 11.9. The molecule has 259 valence electrons. The Morgan fingerprint density at radius 3 is 1.35 bits per heavy atom. The molecule has 0 amide bonds. The van der Waals surface area contributed by atoms with Gasteiger partial charge in [0.25, 0.3) is 0 Å². The number of nitrogens with zero attached hydrogens (tertiary/aromatic N) is 1. The summed E-state index contributed by atoms with van der Waals surface area (Å²) in [7, 11) is 0. The summed E-state index contributed by atoms with van der Waals surface area (Å²) in [5, 5.41) is 11.3. The maximum absolute atomic E-state index is 4.78. The summed E-state index contributed by atoms with van der Waals surface area (Å²) >= 11 is 0. The van der Waals surface area contributed by atoms with E-state index in [1.54, 1.807) is 0 Å². The zero-order valence-electron chi connectivity index (χ0n) is 30.4. The quantitative estimate of drug-likeness (QED) is 0.196. The van der Waals surface area contributed by atoms with Crippen molar-refractivity contribution in [1.29, 1.82) is 0 Å². The number of nitrogens with one attached hydrogen (secondary N) is 3. The Balaban J connectivity index is 0.00000675. The molecule has 3 rings (SSSR count). The third-order valence-electron chi connectivity index (χ3n) is 8.60. The molecule has 0 atom stereocenters. The molecule has 0 saturated carbocycles. The first-order valence-electron chi connectivity index (χ1n) is 16.8. The van der Waals surface area contributed by atoms with Crippen LogP contribution in [0.15, 0.2) is 42.6 Å². The van der Waals surface area contributed by atoms with Crippen LogP contribution in [0.4, 0.5) is 11.4 Å². The van der Waals surface area contributed by atoms with E-state index >= 15 is 0 Å². The average Bonchev–Trinajstić information content (AvgIpc) is 2.95. The van der Waals surface area contributed by atoms with Crippen LogP contribution in [0.5, 0.6) is 0 Å². The van der Waals surface area contributed by atoms with E-state index in [4.69, 9.17) is 4.98 Å². The second kappa shape index (κ2) is 20.9. The number of benzene rings is 2. The Kier molecular flexibility index (Phi) is 20.2. The number of pyridine rings is 1. The summed E-state index contributed by atoms with van der Waals surface area (Å²) in [5.41, 5.74) is 13.5. The molecule has 2 aromatic carbocycles. The van der Waals surface area contributed by atoms with Crippen LogP contribution < -0.4 is 49.9 Å². The van der Waals surface area contributed by atoms with Gasteiger partial charge in [0.1, 0.15) is 0 Å². The molecule has 0 fully saturated rings. The monoisotopic (exact) mass is 801 g/mol. The summed E-state index contributed by atoms with van der Waals surface area (Å²) in [6, 6.07) is 13.9. The Hall–Kier alpha value is -1.38. The minimum absolute atomic E-state index is 0. The minimum Gasteiger partial charge on any atom is -1.00 e. The van der Waals surface area contributed by atoms with Gasteiger partial charge in [0.2, 0.25) is 0 Å². The van der Waals surface area contributed by atoms with Crippen molar-refractivity contribution in [2.45, 2.75) is 132 Å². The normalized spacial score (nSPS) is 11.3. The molecule has 1 radical (unpaired) electrons. The van der Waals surface area contributed by atoms with Gasteiger partial charge in [0.05, 0.1) is 5.69 Å². The summed E-state index contributed by atoms with van der Waals surface area (Å²) in [6.07, 6.45) is 1.91. The summed E-state index contributed by atoms with van der Waals surface area (Å²) < 4.78 is 0. The van der Waals surface area contributed by atoms with Crippen LogP contribution in [0.2, 0.25) is 0 Å². The SMILES string of the molecule is CC(C)c1cc(C(C)C)c(NCCNCc2ncccc2CNc2c(C(C)C)cc(C(C)C)cc2C(C)C)c(C(C)C)c1.[Br-].[Br-].[Co+2]. The fourth-order valence-corrected chi connectivity index (χ4v) is 5.78. The van der Waals surface area contributed by atoms with Gasteiger partial charge < -0.3 is 49.9 Å². The van der Waals surface area contributed by atoms with Crippen LogP contribution >= 0.6 is 0 Å². The molecule has 0 unspecified atom stereocenters. The topological polar surface area (TPSA) is 49.0 Å². The second-order valence-corrected chi connectivity index (χ2v) is 14.1. The van der Waals surface area contributed by atoms with Crippen molar-refractivity contribution in [2.75, 3.05) is 23.7 Å². The number of rotatable bonds is 15. The van der Waals surface area contributed by atoms with E-state index in [9.17, 15) is 0 Å². The van der Waals surface area contributed by atoms with Crippen LogP contribution in [0, 0.1) is 0 Å². The number of halogens is 2. The second-order valence-electron chi connectivity index (χ2n) is 14.1. The predicted octanol–water partition coefficient (Wildman–Crippen LogP) is 4.64. The summed E-state index contributed by atoms with van der Waals surface area (Å²) in [4.78, 5) is 4.78. The van der Waals surface area contributed by atoms with E-state index in [0.717, 1.165) is 31.9 Å². The van der Waals surface area contributed by atoms with Crippen LogP contribution in [0.1, 0.15) is 163 Å². The first-order valence-corrected chi connectivity index (χ1v) is 16.8. The van der Waals surface area contributed by atoms with Gasteiger partial charge in [-0.25, -0.2) is 0 Å². The zero-order chi connectivity index (χ0) is 31.8. The molecule has 0 spiro atoms. The van der Waals surface area contributed by atoms with E-state index in [1.165, 1.54) is 50.3 Å². The van der Waals surface area contributed by atoms with E-state index in [2.05, 4.69) is 135 Å². The summed E-state index contributed by atoms with van der Waals surface area (Å²) in [5.74, 6) is 2.91. The van der Waals surface area contributed by atoms with Gasteiger partial charge in [-0.3, -0.25) is 4.98 Å². The van der Waals surface area contributed by atoms with E-state index in [0.29, 0.717) is 35.5 Å². The van der Waals surface area contributed by atoms with Gasteiger partial charge in [0, 0.05) is 43.8 Å². The van der Waals surface area contributed by atoms with Crippen molar-refractivity contribution in [3.05, 3.63) is 87.2 Å². The standard InChI is InChI=1S/C39H60N4.2BrH.Co/c1-24(2)31-18-33(26(5)6)38(34(19-31)27(7)8)42-17-16-40-23-37-30(14-13-15-41-37)22-43-39-35(28(9)10)20-32(25(3)4)21-36(39)29(11)12;;;/h13-15,18-21,24-29,40,42-43H,16-17,22-23H2,1-12H3;2*1H;/q;;;+2/p-2. The molecule has 0 aliphatic carbocycles. The first kappa shape index (κ1) is 44.6. The Labute approximate surface area is 313 Å². The Morgan fingerprint density at radius 1 is 0.543 bits per heavy atom. The molecule has 46 heavy (non-hydrogen) atoms. The fourth-order valence-electron chi connectivity index (χ4n) is 5.78. The van der Waals surface area contributed by atoms with Crippen molar-refractivity contribution in [3.8, 4) is 0 Å². The van der Waals surface area contributed by atoms with Gasteiger partial charge in [-0.1, -0.05) is 113 Å². The van der Waals surface area contributed by atoms with E-state index < -0.39 is 0 Å². The van der Waals surface area contributed by atoms with Crippen LogP contribution in [0.25, 0.3) is 0 Å². The van der Waals surface area contributed by atoms with E-state index in [-0.39, 0.29) is 50.7 Å². The molecule has 4 nitrogen and oxygen atoms in total. The summed E-state index contributed by atoms with van der Waals surface area (Å²) in [6.45, 7) is 30.8. The molecule has 3 aromatic rings. The fraction of sp³-hybridized carbons (Fsp3) is 0.564. The van der Waals surface area contributed by atoms with Crippen LogP contribution in [-0.4, -0.2) is 18.1 Å². The largest absolute Gasteiger partial charge is 2.00 e. The number of anilines is 2. The molecular formula is C39H60Br2CoN4. The maximum atomic E-state index is 4.78. The van der Waals surface area contributed by atoms with Crippen molar-refractivity contribution in [2.24, 2.45) is 0 Å². The molecule has 0 aliphatic heterocycles. The molecular weight excluding hydrogens is 743 g/mol. The van der Waals surface area contributed by atoms with Crippen molar-refractivity contribution >= 4 is 11.4 Å². The number of aromatic nitrogens is 1. The van der Waals surface area contributed by atoms with Gasteiger partial charge in [0.15, 0.2) is 0 Å². The Bertz CT molecular complexity index is 1280. The molecule has 1 aromatic heterocycles. The van der Waals surface area contributed by atoms with Crippen molar-refractivity contribution in [3.63, 3.8) is 0 Å². The zero-order valence-corrected chi connectivity index (χ0v) is 34.6. The Morgan fingerprint density at radius 2 is 0.957 bits per heavy atom. The maximum Gasteiger partial charge on any atom is 2.00 e. The minimum atomic E-state index is 0.